The van der Waals surface area contributed by atoms with E-state index in [4.69, 9.17) is 22.6 Å². The van der Waals surface area contributed by atoms with Crippen molar-refractivity contribution in [3.63, 3.8) is 0 Å². The summed E-state index contributed by atoms with van der Waals surface area (Å²) in [5.74, 6) is 0. The molecule has 14 heavy (non-hydrogen) atoms. The van der Waals surface area contributed by atoms with E-state index in [0.29, 0.717) is 15.6 Å². The van der Waals surface area contributed by atoms with Gasteiger partial charge in [0.15, 0.2) is 0 Å². The molecule has 0 saturated carbocycles. The van der Waals surface area contributed by atoms with Gasteiger partial charge in [0, 0.05) is 15.1 Å². The Hall–Kier alpha value is -0.950. The first kappa shape index (κ1) is 11.1. The van der Waals surface area contributed by atoms with Crippen molar-refractivity contribution in [1.82, 2.24) is 0 Å². The first-order valence-electron chi connectivity index (χ1n) is 3.60. The van der Waals surface area contributed by atoms with Gasteiger partial charge in [-0.3, -0.25) is 0 Å². The highest BCUT2D eigenvalue weighted by Gasteiger charge is 2.08. The summed E-state index contributed by atoms with van der Waals surface area (Å²) >= 11 is 7.19. The Kier molecular flexibility index (Phi) is 3.22. The molecular formula is C9H6Cl2N2S. The number of hydrogen-bond acceptors (Lipinski definition) is 3. The predicted molar refractivity (Wildman–Crippen MR) is 63.2 cm³/mol. The molecule has 2 nitrogen and oxygen atoms in total. The number of halogens is 2. The van der Waals surface area contributed by atoms with Crippen LogP contribution in [0.5, 0.6) is 0 Å². The van der Waals surface area contributed by atoms with E-state index in [1.807, 2.05) is 12.1 Å². The van der Waals surface area contributed by atoms with Crippen molar-refractivity contribution < 1.29 is 0 Å². The number of nitriles is 1. The van der Waals surface area contributed by atoms with E-state index >= 15 is 0 Å². The third kappa shape index (κ3) is 1.64. The van der Waals surface area contributed by atoms with E-state index in [2.05, 4.69) is 6.07 Å². The Morgan fingerprint density at radius 2 is 2.14 bits per heavy atom. The number of thiophene rings is 1. The number of nitrogen functional groups attached to an aromatic ring is 1. The highest BCUT2D eigenvalue weighted by Crippen LogP contribution is 2.34. The topological polar surface area (TPSA) is 49.8 Å². The van der Waals surface area contributed by atoms with E-state index in [9.17, 15) is 0 Å². The van der Waals surface area contributed by atoms with Crippen LogP contribution in [0.4, 0.5) is 5.00 Å². The van der Waals surface area contributed by atoms with Crippen molar-refractivity contribution in [3.05, 3.63) is 28.8 Å². The molecule has 1 heterocycles. The molecule has 0 bridgehead atoms. The molecular weight excluding hydrogens is 239 g/mol. The zero-order chi connectivity index (χ0) is 9.42. The summed E-state index contributed by atoms with van der Waals surface area (Å²) in [5, 5.41) is 10.9. The van der Waals surface area contributed by atoms with Crippen molar-refractivity contribution >= 4 is 50.4 Å². The number of hydrogen-bond donors (Lipinski definition) is 1. The average molecular weight is 245 g/mol. The molecule has 2 N–H and O–H groups in total. The molecule has 0 aliphatic carbocycles. The largest absolute Gasteiger partial charge is 0.389 e. The summed E-state index contributed by atoms with van der Waals surface area (Å²) in [4.78, 5) is 0. The van der Waals surface area contributed by atoms with Gasteiger partial charge in [0.2, 0.25) is 0 Å². The van der Waals surface area contributed by atoms with Crippen LogP contribution in [0.1, 0.15) is 5.56 Å². The summed E-state index contributed by atoms with van der Waals surface area (Å²) < 4.78 is 0.960. The normalized spacial score (nSPS) is 9.43. The second kappa shape index (κ2) is 4.05. The summed E-state index contributed by atoms with van der Waals surface area (Å²) in [5.41, 5.74) is 6.22. The van der Waals surface area contributed by atoms with Crippen LogP contribution in [-0.4, -0.2) is 0 Å². The molecule has 2 rings (SSSR count). The monoisotopic (exact) mass is 244 g/mol. The van der Waals surface area contributed by atoms with Crippen molar-refractivity contribution in [2.45, 2.75) is 0 Å². The molecule has 0 radical (unpaired) electrons. The summed E-state index contributed by atoms with van der Waals surface area (Å²) in [6.07, 6.45) is 0. The first-order chi connectivity index (χ1) is 6.22. The van der Waals surface area contributed by atoms with Gasteiger partial charge in [0.25, 0.3) is 0 Å². The third-order valence-electron chi connectivity index (χ3n) is 1.79. The van der Waals surface area contributed by atoms with Gasteiger partial charge in [-0.05, 0) is 12.1 Å². The number of rotatable bonds is 0. The molecule has 0 saturated heterocycles. The van der Waals surface area contributed by atoms with Crippen LogP contribution in [0.3, 0.4) is 0 Å². The maximum absolute atomic E-state index is 8.82. The Morgan fingerprint density at radius 1 is 1.43 bits per heavy atom. The van der Waals surface area contributed by atoms with Gasteiger partial charge < -0.3 is 5.73 Å². The van der Waals surface area contributed by atoms with Crippen molar-refractivity contribution in [2.75, 3.05) is 5.73 Å². The van der Waals surface area contributed by atoms with Gasteiger partial charge in [0.05, 0.1) is 5.56 Å². The van der Waals surface area contributed by atoms with Crippen LogP contribution in [0.2, 0.25) is 5.02 Å². The molecule has 0 aliphatic rings. The van der Waals surface area contributed by atoms with Gasteiger partial charge in [-0.25, -0.2) is 0 Å². The lowest BCUT2D eigenvalue weighted by molar-refractivity contribution is 1.52. The molecule has 2 aromatic rings. The van der Waals surface area contributed by atoms with Crippen LogP contribution in [-0.2, 0) is 0 Å². The van der Waals surface area contributed by atoms with Crippen LogP contribution in [0, 0.1) is 11.3 Å². The Balaban J connectivity index is 0.000000980. The van der Waals surface area contributed by atoms with E-state index in [1.165, 1.54) is 11.3 Å². The summed E-state index contributed by atoms with van der Waals surface area (Å²) in [6.45, 7) is 0. The fraction of sp³-hybridized carbons (Fsp3) is 0. The zero-order valence-electron chi connectivity index (χ0n) is 6.95. The minimum Gasteiger partial charge on any atom is -0.389 e. The number of anilines is 1. The van der Waals surface area contributed by atoms with Crippen LogP contribution < -0.4 is 5.73 Å². The average Bonchev–Trinajstić information content (AvgIpc) is 2.39. The highest BCUT2D eigenvalue weighted by atomic mass is 35.5. The zero-order valence-corrected chi connectivity index (χ0v) is 9.34. The molecule has 5 heteroatoms. The number of nitrogens with two attached hydrogens (primary N) is 1. The summed E-state index contributed by atoms with van der Waals surface area (Å²) in [6, 6.07) is 7.48. The Bertz CT molecular complexity index is 513. The van der Waals surface area contributed by atoms with Gasteiger partial charge in [-0.2, -0.15) is 5.26 Å². The maximum atomic E-state index is 8.82. The molecule has 0 atom stereocenters. The molecule has 72 valence electrons. The lowest BCUT2D eigenvalue weighted by Gasteiger charge is -1.89. The van der Waals surface area contributed by atoms with Crippen molar-refractivity contribution in [2.24, 2.45) is 0 Å². The fourth-order valence-corrected chi connectivity index (χ4v) is 2.40. The lowest BCUT2D eigenvalue weighted by atomic mass is 10.2. The molecule has 1 aromatic heterocycles. The van der Waals surface area contributed by atoms with Crippen molar-refractivity contribution in [3.8, 4) is 6.07 Å². The molecule has 0 unspecified atom stereocenters. The summed E-state index contributed by atoms with van der Waals surface area (Å²) in [7, 11) is 0. The van der Waals surface area contributed by atoms with E-state index in [0.717, 1.165) is 10.1 Å². The maximum Gasteiger partial charge on any atom is 0.105 e. The number of fused-ring (bicyclic) bond motifs is 1. The first-order valence-corrected chi connectivity index (χ1v) is 4.79. The van der Waals surface area contributed by atoms with Crippen LogP contribution >= 0.6 is 35.3 Å². The van der Waals surface area contributed by atoms with E-state index < -0.39 is 0 Å². The lowest BCUT2D eigenvalue weighted by Crippen LogP contribution is -1.81. The minimum atomic E-state index is 0. The fourth-order valence-electron chi connectivity index (χ4n) is 1.20. The molecule has 0 fully saturated rings. The second-order valence-electron chi connectivity index (χ2n) is 2.59. The predicted octanol–water partition coefficient (Wildman–Crippen LogP) is 3.43. The molecule has 0 aliphatic heterocycles. The SMILES string of the molecule is Cl.N#Cc1c(N)sc2cc(Cl)ccc12. The highest BCUT2D eigenvalue weighted by molar-refractivity contribution is 7.23. The molecule has 0 spiro atoms. The smallest absolute Gasteiger partial charge is 0.105 e. The van der Waals surface area contributed by atoms with Gasteiger partial charge in [-0.1, -0.05) is 17.7 Å². The van der Waals surface area contributed by atoms with E-state index in [-0.39, 0.29) is 12.4 Å². The van der Waals surface area contributed by atoms with Gasteiger partial charge in [0.1, 0.15) is 11.1 Å². The molecule has 1 aromatic carbocycles. The van der Waals surface area contributed by atoms with Gasteiger partial charge in [-0.15, -0.1) is 23.7 Å². The standard InChI is InChI=1S/C9H5ClN2S.ClH/c10-5-1-2-6-7(4-11)9(12)13-8(6)3-5;/h1-3H,12H2;1H. The van der Waals surface area contributed by atoms with Gasteiger partial charge >= 0.3 is 0 Å². The van der Waals surface area contributed by atoms with Crippen molar-refractivity contribution in [1.29, 1.82) is 5.26 Å². The number of nitrogens with zero attached hydrogens (tertiary/aromatic N) is 1. The Morgan fingerprint density at radius 3 is 2.79 bits per heavy atom. The molecule has 0 amide bonds. The number of benzene rings is 1. The van der Waals surface area contributed by atoms with E-state index in [1.54, 1.807) is 6.07 Å². The minimum absolute atomic E-state index is 0. The van der Waals surface area contributed by atoms with Crippen LogP contribution in [0.15, 0.2) is 18.2 Å². The van der Waals surface area contributed by atoms with Crippen LogP contribution in [0.25, 0.3) is 10.1 Å². The third-order valence-corrected chi connectivity index (χ3v) is 3.01. The Labute approximate surface area is 96.3 Å². The second-order valence-corrected chi connectivity index (χ2v) is 4.11. The quantitative estimate of drug-likeness (QED) is 0.772.